The summed E-state index contributed by atoms with van der Waals surface area (Å²) >= 11 is 0. The monoisotopic (exact) mass is 272 g/mol. The SMILES string of the molecule is CCC1COCCN1C(=O)N[C@H](CC(C)C)C(=O)O. The smallest absolute Gasteiger partial charge is 0.326 e. The zero-order valence-corrected chi connectivity index (χ0v) is 11.9. The summed E-state index contributed by atoms with van der Waals surface area (Å²) in [6.07, 6.45) is 1.23. The third kappa shape index (κ3) is 4.70. The van der Waals surface area contributed by atoms with E-state index in [1.165, 1.54) is 0 Å². The van der Waals surface area contributed by atoms with Gasteiger partial charge in [0.05, 0.1) is 19.3 Å². The third-order valence-electron chi connectivity index (χ3n) is 3.26. The number of urea groups is 1. The molecule has 19 heavy (non-hydrogen) atoms. The predicted octanol–water partition coefficient (Wildman–Crippen LogP) is 1.31. The van der Waals surface area contributed by atoms with E-state index in [4.69, 9.17) is 9.84 Å². The van der Waals surface area contributed by atoms with Crippen LogP contribution >= 0.6 is 0 Å². The Morgan fingerprint density at radius 1 is 1.47 bits per heavy atom. The predicted molar refractivity (Wildman–Crippen MR) is 71.0 cm³/mol. The van der Waals surface area contributed by atoms with Gasteiger partial charge in [0.2, 0.25) is 0 Å². The summed E-state index contributed by atoms with van der Waals surface area (Å²) < 4.78 is 5.33. The molecule has 2 N–H and O–H groups in total. The normalized spacial score (nSPS) is 21.3. The van der Waals surface area contributed by atoms with Crippen LogP contribution in [0, 0.1) is 5.92 Å². The quantitative estimate of drug-likeness (QED) is 0.791. The van der Waals surface area contributed by atoms with Gasteiger partial charge in [0.1, 0.15) is 6.04 Å². The number of carboxylic acids is 1. The van der Waals surface area contributed by atoms with Gasteiger partial charge in [0.15, 0.2) is 0 Å². The molecule has 0 spiro atoms. The highest BCUT2D eigenvalue weighted by atomic mass is 16.5. The van der Waals surface area contributed by atoms with Crippen LogP contribution in [0.5, 0.6) is 0 Å². The molecule has 6 heteroatoms. The van der Waals surface area contributed by atoms with Gasteiger partial charge in [-0.25, -0.2) is 9.59 Å². The number of morpholine rings is 1. The number of carbonyl (C=O) groups excluding carboxylic acids is 1. The van der Waals surface area contributed by atoms with Gasteiger partial charge in [0.25, 0.3) is 0 Å². The van der Waals surface area contributed by atoms with Gasteiger partial charge >= 0.3 is 12.0 Å². The molecule has 0 aromatic heterocycles. The molecule has 2 amide bonds. The Bertz CT molecular complexity index is 320. The average Bonchev–Trinajstić information content (AvgIpc) is 2.37. The number of ether oxygens (including phenoxy) is 1. The summed E-state index contributed by atoms with van der Waals surface area (Å²) in [6, 6.07) is -1.10. The first-order valence-corrected chi connectivity index (χ1v) is 6.83. The Kier molecular flexibility index (Phi) is 6.08. The Hall–Kier alpha value is -1.30. The molecular formula is C13H24N2O4. The van der Waals surface area contributed by atoms with E-state index in [1.807, 2.05) is 20.8 Å². The molecule has 1 fully saturated rings. The van der Waals surface area contributed by atoms with Gasteiger partial charge in [0, 0.05) is 6.54 Å². The first-order chi connectivity index (χ1) is 8.95. The van der Waals surface area contributed by atoms with Crippen molar-refractivity contribution in [2.75, 3.05) is 19.8 Å². The van der Waals surface area contributed by atoms with E-state index in [1.54, 1.807) is 4.90 Å². The molecular weight excluding hydrogens is 248 g/mol. The van der Waals surface area contributed by atoms with Crippen LogP contribution in [0.2, 0.25) is 0 Å². The number of carbonyl (C=O) groups is 2. The molecule has 1 saturated heterocycles. The average molecular weight is 272 g/mol. The molecule has 0 saturated carbocycles. The maximum atomic E-state index is 12.2. The van der Waals surface area contributed by atoms with Crippen molar-refractivity contribution in [1.82, 2.24) is 10.2 Å². The van der Waals surface area contributed by atoms with Crippen LogP contribution in [-0.2, 0) is 9.53 Å². The zero-order chi connectivity index (χ0) is 14.4. The van der Waals surface area contributed by atoms with E-state index in [0.29, 0.717) is 26.2 Å². The molecule has 1 aliphatic rings. The van der Waals surface area contributed by atoms with Crippen LogP contribution in [0.1, 0.15) is 33.6 Å². The van der Waals surface area contributed by atoms with E-state index in [9.17, 15) is 9.59 Å². The Morgan fingerprint density at radius 2 is 2.16 bits per heavy atom. The summed E-state index contributed by atoms with van der Waals surface area (Å²) in [4.78, 5) is 25.0. The number of carboxylic acid groups (broad SMARTS) is 1. The third-order valence-corrected chi connectivity index (χ3v) is 3.26. The molecule has 1 heterocycles. The number of hydrogen-bond donors (Lipinski definition) is 2. The molecule has 0 radical (unpaired) electrons. The maximum absolute atomic E-state index is 12.2. The fourth-order valence-corrected chi connectivity index (χ4v) is 2.19. The lowest BCUT2D eigenvalue weighted by Crippen LogP contribution is -2.55. The molecule has 0 bridgehead atoms. The van der Waals surface area contributed by atoms with Crippen LogP contribution < -0.4 is 5.32 Å². The summed E-state index contributed by atoms with van der Waals surface area (Å²) in [6.45, 7) is 7.40. The lowest BCUT2D eigenvalue weighted by Gasteiger charge is -2.35. The molecule has 110 valence electrons. The first-order valence-electron chi connectivity index (χ1n) is 6.83. The number of rotatable bonds is 5. The largest absolute Gasteiger partial charge is 0.480 e. The fraction of sp³-hybridized carbons (Fsp3) is 0.846. The summed E-state index contributed by atoms with van der Waals surface area (Å²) in [5, 5.41) is 11.7. The van der Waals surface area contributed by atoms with Crippen LogP contribution in [0.15, 0.2) is 0 Å². The van der Waals surface area contributed by atoms with Crippen molar-refractivity contribution in [3.05, 3.63) is 0 Å². The summed E-state index contributed by atoms with van der Waals surface area (Å²) in [5.74, 6) is -0.767. The number of nitrogens with one attached hydrogen (secondary N) is 1. The minimum atomic E-state index is -0.983. The molecule has 0 aromatic rings. The highest BCUT2D eigenvalue weighted by Gasteiger charge is 2.29. The highest BCUT2D eigenvalue weighted by molar-refractivity contribution is 5.82. The minimum Gasteiger partial charge on any atom is -0.480 e. The van der Waals surface area contributed by atoms with Gasteiger partial charge in [-0.2, -0.15) is 0 Å². The van der Waals surface area contributed by atoms with Crippen molar-refractivity contribution >= 4 is 12.0 Å². The van der Waals surface area contributed by atoms with Gasteiger partial charge in [-0.1, -0.05) is 20.8 Å². The van der Waals surface area contributed by atoms with Crippen molar-refractivity contribution < 1.29 is 19.4 Å². The van der Waals surface area contributed by atoms with Crippen LogP contribution in [-0.4, -0.2) is 53.8 Å². The van der Waals surface area contributed by atoms with Crippen molar-refractivity contribution in [1.29, 1.82) is 0 Å². The van der Waals surface area contributed by atoms with Crippen molar-refractivity contribution in [2.24, 2.45) is 5.92 Å². The number of nitrogens with zero attached hydrogens (tertiary/aromatic N) is 1. The second-order valence-corrected chi connectivity index (χ2v) is 5.30. The van der Waals surface area contributed by atoms with Gasteiger partial charge in [-0.05, 0) is 18.8 Å². The van der Waals surface area contributed by atoms with Crippen LogP contribution in [0.25, 0.3) is 0 Å². The number of hydrogen-bond acceptors (Lipinski definition) is 3. The first kappa shape index (κ1) is 15.8. The molecule has 1 rings (SSSR count). The van der Waals surface area contributed by atoms with Crippen LogP contribution in [0.3, 0.4) is 0 Å². The van der Waals surface area contributed by atoms with E-state index in [-0.39, 0.29) is 18.0 Å². The fourth-order valence-electron chi connectivity index (χ4n) is 2.19. The van der Waals surface area contributed by atoms with Gasteiger partial charge < -0.3 is 20.1 Å². The molecule has 2 atom stereocenters. The van der Waals surface area contributed by atoms with E-state index in [0.717, 1.165) is 6.42 Å². The van der Waals surface area contributed by atoms with Crippen molar-refractivity contribution in [3.8, 4) is 0 Å². The summed E-state index contributed by atoms with van der Waals surface area (Å²) in [7, 11) is 0. The van der Waals surface area contributed by atoms with Crippen molar-refractivity contribution in [3.63, 3.8) is 0 Å². The minimum absolute atomic E-state index is 0.0299. The second kappa shape index (κ2) is 7.33. The molecule has 1 aliphatic heterocycles. The topological polar surface area (TPSA) is 78.9 Å². The van der Waals surface area contributed by atoms with Crippen LogP contribution in [0.4, 0.5) is 4.79 Å². The molecule has 6 nitrogen and oxygen atoms in total. The maximum Gasteiger partial charge on any atom is 0.326 e. The second-order valence-electron chi connectivity index (χ2n) is 5.30. The number of amides is 2. The number of aliphatic carboxylic acids is 1. The zero-order valence-electron chi connectivity index (χ0n) is 11.9. The highest BCUT2D eigenvalue weighted by Crippen LogP contribution is 2.12. The lowest BCUT2D eigenvalue weighted by atomic mass is 10.0. The summed E-state index contributed by atoms with van der Waals surface area (Å²) in [5.41, 5.74) is 0. The Morgan fingerprint density at radius 3 is 2.68 bits per heavy atom. The Labute approximate surface area is 114 Å². The van der Waals surface area contributed by atoms with E-state index >= 15 is 0 Å². The van der Waals surface area contributed by atoms with E-state index < -0.39 is 12.0 Å². The van der Waals surface area contributed by atoms with Gasteiger partial charge in [-0.3, -0.25) is 0 Å². The molecule has 1 unspecified atom stereocenters. The molecule has 0 aliphatic carbocycles. The molecule has 0 aromatic carbocycles. The van der Waals surface area contributed by atoms with Gasteiger partial charge in [-0.15, -0.1) is 0 Å². The lowest BCUT2D eigenvalue weighted by molar-refractivity contribution is -0.139. The van der Waals surface area contributed by atoms with Crippen molar-refractivity contribution in [2.45, 2.75) is 45.7 Å². The standard InChI is InChI=1S/C13H24N2O4/c1-4-10-8-19-6-5-15(10)13(18)14-11(12(16)17)7-9(2)3/h9-11H,4-8H2,1-3H3,(H,14,18)(H,16,17)/t10?,11-/m1/s1. The Balaban J connectivity index is 2.62. The van der Waals surface area contributed by atoms with E-state index in [2.05, 4.69) is 5.32 Å².